The number of carbonyl (C=O) groups excluding carboxylic acids is 1. The molecule has 1 heterocycles. The Morgan fingerprint density at radius 2 is 1.09 bits per heavy atom. The molecule has 5 nitrogen and oxygen atoms in total. The third-order valence-corrected chi connectivity index (χ3v) is 6.61. The van der Waals surface area contributed by atoms with Crippen LogP contribution in [0.1, 0.15) is 11.1 Å². The summed E-state index contributed by atoms with van der Waals surface area (Å²) in [6.45, 7) is 0. The summed E-state index contributed by atoms with van der Waals surface area (Å²) in [5.74, 6) is 1.52. The first-order valence-corrected chi connectivity index (χ1v) is 11.4. The van der Waals surface area contributed by atoms with Gasteiger partial charge in [0.05, 0.1) is 19.8 Å². The van der Waals surface area contributed by atoms with E-state index in [0.717, 1.165) is 40.3 Å². The highest BCUT2D eigenvalue weighted by atomic mass is 16.5. The van der Waals surface area contributed by atoms with Crippen LogP contribution >= 0.6 is 0 Å². The molecule has 0 saturated heterocycles. The molecule has 1 aliphatic heterocycles. The van der Waals surface area contributed by atoms with Crippen molar-refractivity contribution in [2.45, 2.75) is 5.54 Å². The van der Waals surface area contributed by atoms with Gasteiger partial charge >= 0.3 is 0 Å². The molecule has 1 aliphatic rings. The zero-order chi connectivity index (χ0) is 24.3. The van der Waals surface area contributed by atoms with Crippen LogP contribution in [0, 0.1) is 0 Å². The molecule has 0 fully saturated rings. The topological polar surface area (TPSA) is 47.6 Å². The molecule has 5 rings (SSSR count). The Kier molecular flexibility index (Phi) is 5.95. The normalized spacial score (nSPS) is 15.8. The van der Waals surface area contributed by atoms with Gasteiger partial charge in [-0.1, -0.05) is 60.7 Å². The first-order chi connectivity index (χ1) is 17.2. The number of nitrogens with zero attached hydrogens (tertiary/aromatic N) is 1. The fraction of sp³-hybridized carbons (Fsp3) is 0.100. The molecule has 1 N–H and O–H groups in total. The number of hydrogen-bond acceptors (Lipinski definition) is 4. The van der Waals surface area contributed by atoms with Gasteiger partial charge in [0.1, 0.15) is 17.7 Å². The van der Waals surface area contributed by atoms with E-state index in [1.807, 2.05) is 91.1 Å². The van der Waals surface area contributed by atoms with E-state index in [1.54, 1.807) is 14.2 Å². The van der Waals surface area contributed by atoms with E-state index in [2.05, 4.69) is 29.7 Å². The zero-order valence-corrected chi connectivity index (χ0v) is 19.7. The number of benzene rings is 4. The fourth-order valence-corrected chi connectivity index (χ4v) is 4.85. The van der Waals surface area contributed by atoms with Crippen LogP contribution < -0.4 is 19.5 Å². The molecule has 4 aromatic rings. The Balaban J connectivity index is 1.80. The quantitative estimate of drug-likeness (QED) is 0.274. The van der Waals surface area contributed by atoms with Crippen LogP contribution in [0.2, 0.25) is 0 Å². The number of carbonyl (C=O) groups is 1. The molecule has 5 heteroatoms. The monoisotopic (exact) mass is 463 g/mol. The lowest BCUT2D eigenvalue weighted by molar-refractivity contribution is -0.105. The Labute approximate surface area is 205 Å². The molecule has 0 spiro atoms. The van der Waals surface area contributed by atoms with E-state index >= 15 is 0 Å². The first-order valence-electron chi connectivity index (χ1n) is 11.4. The Hall–Kier alpha value is -4.19. The van der Waals surface area contributed by atoms with E-state index in [-0.39, 0.29) is 4.59 Å². The summed E-state index contributed by atoms with van der Waals surface area (Å²) < 4.78 is 10.9. The van der Waals surface area contributed by atoms with Gasteiger partial charge in [-0.2, -0.15) is 4.59 Å². The van der Waals surface area contributed by atoms with Gasteiger partial charge in [-0.25, -0.2) is 0 Å². The van der Waals surface area contributed by atoms with Crippen molar-refractivity contribution in [3.05, 3.63) is 132 Å². The SMILES string of the molecule is COc1ccc([N+]2(c3ccc(OC)cc3)C=C(C=O)C(c3ccccc3)(c3ccccc3)N2)cc1. The lowest BCUT2D eigenvalue weighted by atomic mass is 9.79. The molecule has 0 radical (unpaired) electrons. The largest absolute Gasteiger partial charge is 0.497 e. The van der Waals surface area contributed by atoms with Gasteiger partial charge in [0.2, 0.25) is 0 Å². The van der Waals surface area contributed by atoms with Gasteiger partial charge in [0.15, 0.2) is 23.2 Å². The summed E-state index contributed by atoms with van der Waals surface area (Å²) in [5.41, 5.74) is 7.47. The van der Waals surface area contributed by atoms with Gasteiger partial charge < -0.3 is 9.47 Å². The summed E-state index contributed by atoms with van der Waals surface area (Å²) in [6.07, 6.45) is 2.96. The fourth-order valence-electron chi connectivity index (χ4n) is 4.85. The molecule has 4 aromatic carbocycles. The Bertz CT molecular complexity index is 1250. The van der Waals surface area contributed by atoms with Crippen molar-refractivity contribution in [3.8, 4) is 11.5 Å². The molecule has 0 atom stereocenters. The van der Waals surface area contributed by atoms with E-state index in [0.29, 0.717) is 5.57 Å². The van der Waals surface area contributed by atoms with Crippen molar-refractivity contribution in [2.75, 3.05) is 14.2 Å². The standard InChI is InChI=1S/C30H27N2O3/c1-34-28-17-13-26(14-18-28)32(27-15-19-29(35-2)20-16-27)21-25(22-33)30(31-32,23-9-5-3-6-10-23)24-11-7-4-8-12-24/h3-22,31H,1-2H3/q+1. The van der Waals surface area contributed by atoms with Crippen molar-refractivity contribution >= 4 is 17.7 Å². The highest BCUT2D eigenvalue weighted by molar-refractivity contribution is 5.84. The maximum absolute atomic E-state index is 12.8. The van der Waals surface area contributed by atoms with Gasteiger partial charge in [0, 0.05) is 24.3 Å². The summed E-state index contributed by atoms with van der Waals surface area (Å²) in [7, 11) is 3.30. The van der Waals surface area contributed by atoms with Gasteiger partial charge in [-0.3, -0.25) is 4.79 Å². The number of rotatable bonds is 7. The summed E-state index contributed by atoms with van der Waals surface area (Å²) in [5, 5.41) is 0. The molecule has 0 bridgehead atoms. The predicted molar refractivity (Wildman–Crippen MR) is 138 cm³/mol. The smallest absolute Gasteiger partial charge is 0.162 e. The van der Waals surface area contributed by atoms with E-state index in [4.69, 9.17) is 9.47 Å². The van der Waals surface area contributed by atoms with Crippen LogP contribution in [0.15, 0.2) is 121 Å². The molecular weight excluding hydrogens is 436 g/mol. The van der Waals surface area contributed by atoms with E-state index in [1.165, 1.54) is 0 Å². The number of hydrogen-bond donors (Lipinski definition) is 1. The number of methoxy groups -OCH3 is 2. The highest BCUT2D eigenvalue weighted by Gasteiger charge is 2.54. The maximum Gasteiger partial charge on any atom is 0.162 e. The van der Waals surface area contributed by atoms with Gasteiger partial charge in [-0.05, 0) is 35.4 Å². The van der Waals surface area contributed by atoms with E-state index < -0.39 is 5.54 Å². The van der Waals surface area contributed by atoms with Crippen molar-refractivity contribution < 1.29 is 14.3 Å². The third-order valence-electron chi connectivity index (χ3n) is 6.61. The second-order valence-electron chi connectivity index (χ2n) is 8.41. The second-order valence-corrected chi connectivity index (χ2v) is 8.41. The Morgan fingerprint density at radius 1 is 0.657 bits per heavy atom. The van der Waals surface area contributed by atoms with Crippen LogP contribution in [-0.4, -0.2) is 20.5 Å². The van der Waals surface area contributed by atoms with Gasteiger partial charge in [0.25, 0.3) is 0 Å². The minimum Gasteiger partial charge on any atom is -0.497 e. The van der Waals surface area contributed by atoms with E-state index in [9.17, 15) is 4.79 Å². The molecular formula is C30H27N2O3+. The number of quaternary nitrogens is 1. The van der Waals surface area contributed by atoms with Crippen LogP contribution in [0.4, 0.5) is 11.4 Å². The average Bonchev–Trinajstić information content (AvgIpc) is 3.32. The number of aldehydes is 1. The maximum atomic E-state index is 12.8. The number of ether oxygens (including phenoxy) is 2. The zero-order valence-electron chi connectivity index (χ0n) is 19.7. The number of nitrogens with one attached hydrogen (secondary N) is 1. The highest BCUT2D eigenvalue weighted by Crippen LogP contribution is 2.48. The molecule has 35 heavy (non-hydrogen) atoms. The van der Waals surface area contributed by atoms with Crippen molar-refractivity contribution in [1.82, 2.24) is 10.0 Å². The molecule has 0 aliphatic carbocycles. The predicted octanol–water partition coefficient (Wildman–Crippen LogP) is 5.89. The van der Waals surface area contributed by atoms with Crippen LogP contribution in [0.25, 0.3) is 0 Å². The molecule has 0 saturated carbocycles. The summed E-state index contributed by atoms with van der Waals surface area (Å²) >= 11 is 0. The summed E-state index contributed by atoms with van der Waals surface area (Å²) in [4.78, 5) is 12.8. The third kappa shape index (κ3) is 3.71. The molecule has 0 unspecified atom stereocenters. The minimum atomic E-state index is -0.871. The van der Waals surface area contributed by atoms with Crippen molar-refractivity contribution in [3.63, 3.8) is 0 Å². The van der Waals surface area contributed by atoms with Crippen molar-refractivity contribution in [2.24, 2.45) is 0 Å². The summed E-state index contributed by atoms with van der Waals surface area (Å²) in [6, 6.07) is 36.0. The molecule has 174 valence electrons. The first kappa shape index (κ1) is 22.6. The lowest BCUT2D eigenvalue weighted by Crippen LogP contribution is -2.56. The van der Waals surface area contributed by atoms with Crippen LogP contribution in [0.3, 0.4) is 0 Å². The van der Waals surface area contributed by atoms with Crippen molar-refractivity contribution in [1.29, 1.82) is 0 Å². The molecule has 0 aromatic heterocycles. The Morgan fingerprint density at radius 3 is 1.46 bits per heavy atom. The lowest BCUT2D eigenvalue weighted by Gasteiger charge is -2.37. The average molecular weight is 464 g/mol. The van der Waals surface area contributed by atoms with Crippen LogP contribution in [-0.2, 0) is 10.3 Å². The minimum absolute atomic E-state index is 0.131. The van der Waals surface area contributed by atoms with Gasteiger partial charge in [-0.15, -0.1) is 5.43 Å². The molecule has 0 amide bonds. The second kappa shape index (κ2) is 9.22. The van der Waals surface area contributed by atoms with Crippen LogP contribution in [0.5, 0.6) is 11.5 Å².